The van der Waals surface area contributed by atoms with E-state index in [4.69, 9.17) is 11.6 Å². The number of nitrogens with one attached hydrogen (secondary N) is 1. The Labute approximate surface area is 118 Å². The van der Waals surface area contributed by atoms with Gasteiger partial charge in [0.2, 0.25) is 0 Å². The molecule has 1 aromatic carbocycles. The molecular formula is C13H11BrClFN2. The van der Waals surface area contributed by atoms with E-state index in [2.05, 4.69) is 26.2 Å². The zero-order valence-corrected chi connectivity index (χ0v) is 12.0. The van der Waals surface area contributed by atoms with Crippen LogP contribution in [0.2, 0.25) is 5.15 Å². The van der Waals surface area contributed by atoms with Crippen molar-refractivity contribution in [2.24, 2.45) is 0 Å². The highest BCUT2D eigenvalue weighted by Crippen LogP contribution is 2.22. The molecule has 0 radical (unpaired) electrons. The molecule has 18 heavy (non-hydrogen) atoms. The number of hydrogen-bond donors (Lipinski definition) is 1. The predicted molar refractivity (Wildman–Crippen MR) is 75.4 cm³/mol. The highest BCUT2D eigenvalue weighted by atomic mass is 79.9. The summed E-state index contributed by atoms with van der Waals surface area (Å²) in [6.07, 6.45) is 1.69. The Bertz CT molecular complexity index is 523. The first-order chi connectivity index (χ1) is 8.56. The molecule has 2 nitrogen and oxygen atoms in total. The van der Waals surface area contributed by atoms with Crippen molar-refractivity contribution in [2.45, 2.75) is 13.5 Å². The quantitative estimate of drug-likeness (QED) is 0.835. The second-order valence-electron chi connectivity index (χ2n) is 3.94. The number of anilines is 1. The molecule has 0 aliphatic heterocycles. The molecule has 0 fully saturated rings. The van der Waals surface area contributed by atoms with Gasteiger partial charge in [0, 0.05) is 22.8 Å². The smallest absolute Gasteiger partial charge is 0.152 e. The zero-order valence-electron chi connectivity index (χ0n) is 9.67. The van der Waals surface area contributed by atoms with Gasteiger partial charge in [0.25, 0.3) is 0 Å². The van der Waals surface area contributed by atoms with Crippen LogP contribution in [0.5, 0.6) is 0 Å². The SMILES string of the molecule is Cc1cnc(Cl)c(NCc2cc(Br)ccc2F)c1. The summed E-state index contributed by atoms with van der Waals surface area (Å²) in [5.41, 5.74) is 2.27. The predicted octanol–water partition coefficient (Wildman–Crippen LogP) is 4.56. The topological polar surface area (TPSA) is 24.9 Å². The molecule has 5 heteroatoms. The molecule has 0 aliphatic carbocycles. The molecule has 0 aliphatic rings. The lowest BCUT2D eigenvalue weighted by atomic mass is 10.2. The minimum absolute atomic E-state index is 0.248. The Kier molecular flexibility index (Phi) is 4.19. The molecule has 1 N–H and O–H groups in total. The lowest BCUT2D eigenvalue weighted by Gasteiger charge is -2.09. The number of rotatable bonds is 3. The third-order valence-corrected chi connectivity index (χ3v) is 3.25. The second kappa shape index (κ2) is 5.67. The fourth-order valence-corrected chi connectivity index (χ4v) is 2.12. The molecule has 2 aromatic rings. The van der Waals surface area contributed by atoms with E-state index in [1.165, 1.54) is 6.07 Å². The molecule has 0 bridgehead atoms. The fraction of sp³-hybridized carbons (Fsp3) is 0.154. The fourth-order valence-electron chi connectivity index (χ4n) is 1.55. The van der Waals surface area contributed by atoms with Crippen molar-refractivity contribution < 1.29 is 4.39 Å². The van der Waals surface area contributed by atoms with Gasteiger partial charge in [-0.05, 0) is 36.8 Å². The van der Waals surface area contributed by atoms with Crippen molar-refractivity contribution in [1.82, 2.24) is 4.98 Å². The van der Waals surface area contributed by atoms with Crippen LogP contribution in [0.1, 0.15) is 11.1 Å². The van der Waals surface area contributed by atoms with Gasteiger partial charge < -0.3 is 5.32 Å². The van der Waals surface area contributed by atoms with Gasteiger partial charge in [-0.3, -0.25) is 0 Å². The number of benzene rings is 1. The van der Waals surface area contributed by atoms with Crippen molar-refractivity contribution in [3.8, 4) is 0 Å². The number of hydrogen-bond acceptors (Lipinski definition) is 2. The summed E-state index contributed by atoms with van der Waals surface area (Å²) in [6, 6.07) is 6.71. The van der Waals surface area contributed by atoms with E-state index in [-0.39, 0.29) is 5.82 Å². The summed E-state index contributed by atoms with van der Waals surface area (Å²) in [6.45, 7) is 2.28. The first kappa shape index (κ1) is 13.3. The van der Waals surface area contributed by atoms with Crippen LogP contribution in [-0.4, -0.2) is 4.98 Å². The Morgan fingerprint density at radius 1 is 1.39 bits per heavy atom. The van der Waals surface area contributed by atoms with E-state index in [1.807, 2.05) is 13.0 Å². The van der Waals surface area contributed by atoms with Crippen LogP contribution >= 0.6 is 27.5 Å². The van der Waals surface area contributed by atoms with Gasteiger partial charge in [-0.25, -0.2) is 9.37 Å². The maximum absolute atomic E-state index is 13.5. The third-order valence-electron chi connectivity index (χ3n) is 2.45. The highest BCUT2D eigenvalue weighted by Gasteiger charge is 2.05. The summed E-state index contributed by atoms with van der Waals surface area (Å²) in [7, 11) is 0. The van der Waals surface area contributed by atoms with Gasteiger partial charge in [-0.15, -0.1) is 0 Å². The minimum atomic E-state index is -0.248. The van der Waals surface area contributed by atoms with E-state index >= 15 is 0 Å². The average Bonchev–Trinajstić information content (AvgIpc) is 2.34. The number of aryl methyl sites for hydroxylation is 1. The van der Waals surface area contributed by atoms with Crippen LogP contribution in [0, 0.1) is 12.7 Å². The van der Waals surface area contributed by atoms with Crippen LogP contribution in [0.3, 0.4) is 0 Å². The van der Waals surface area contributed by atoms with E-state index in [0.717, 1.165) is 10.0 Å². The van der Waals surface area contributed by atoms with Crippen LogP contribution in [-0.2, 0) is 6.54 Å². The number of pyridine rings is 1. The van der Waals surface area contributed by atoms with E-state index in [1.54, 1.807) is 18.3 Å². The van der Waals surface area contributed by atoms with Crippen LogP contribution in [0.4, 0.5) is 10.1 Å². The molecule has 0 unspecified atom stereocenters. The maximum Gasteiger partial charge on any atom is 0.152 e. The average molecular weight is 330 g/mol. The van der Waals surface area contributed by atoms with E-state index in [0.29, 0.717) is 22.9 Å². The van der Waals surface area contributed by atoms with Crippen molar-refractivity contribution in [3.05, 3.63) is 57.0 Å². The lowest BCUT2D eigenvalue weighted by molar-refractivity contribution is 0.612. The molecule has 0 amide bonds. The largest absolute Gasteiger partial charge is 0.378 e. The van der Waals surface area contributed by atoms with Gasteiger partial charge >= 0.3 is 0 Å². The normalized spacial score (nSPS) is 10.4. The van der Waals surface area contributed by atoms with Crippen LogP contribution < -0.4 is 5.32 Å². The van der Waals surface area contributed by atoms with Crippen LogP contribution in [0.15, 0.2) is 34.9 Å². The lowest BCUT2D eigenvalue weighted by Crippen LogP contribution is -2.03. The third kappa shape index (κ3) is 3.21. The Morgan fingerprint density at radius 3 is 2.94 bits per heavy atom. The number of halogens is 3. The van der Waals surface area contributed by atoms with Gasteiger partial charge in [-0.1, -0.05) is 27.5 Å². The molecular weight excluding hydrogens is 319 g/mol. The standard InChI is InChI=1S/C13H11BrClFN2/c1-8-4-12(13(15)18-6-8)17-7-9-5-10(14)2-3-11(9)16/h2-6,17H,7H2,1H3. The summed E-state index contributed by atoms with van der Waals surface area (Å²) < 4.78 is 14.4. The molecule has 0 saturated heterocycles. The Balaban J connectivity index is 2.16. The van der Waals surface area contributed by atoms with E-state index < -0.39 is 0 Å². The summed E-state index contributed by atoms with van der Waals surface area (Å²) in [5, 5.41) is 3.47. The van der Waals surface area contributed by atoms with Crippen LogP contribution in [0.25, 0.3) is 0 Å². The molecule has 1 heterocycles. The highest BCUT2D eigenvalue weighted by molar-refractivity contribution is 9.10. The van der Waals surface area contributed by atoms with Crippen molar-refractivity contribution in [2.75, 3.05) is 5.32 Å². The first-order valence-electron chi connectivity index (χ1n) is 5.36. The van der Waals surface area contributed by atoms with Gasteiger partial charge in [0.15, 0.2) is 5.15 Å². The Hall–Kier alpha value is -1.13. The van der Waals surface area contributed by atoms with Gasteiger partial charge in [0.05, 0.1) is 5.69 Å². The second-order valence-corrected chi connectivity index (χ2v) is 5.21. The molecule has 1 aromatic heterocycles. The molecule has 0 atom stereocenters. The Morgan fingerprint density at radius 2 is 2.17 bits per heavy atom. The van der Waals surface area contributed by atoms with Gasteiger partial charge in [0.1, 0.15) is 5.82 Å². The van der Waals surface area contributed by atoms with E-state index in [9.17, 15) is 4.39 Å². The van der Waals surface area contributed by atoms with Crippen molar-refractivity contribution in [3.63, 3.8) is 0 Å². The molecule has 94 valence electrons. The minimum Gasteiger partial charge on any atom is -0.378 e. The molecule has 2 rings (SSSR count). The van der Waals surface area contributed by atoms with Gasteiger partial charge in [-0.2, -0.15) is 0 Å². The maximum atomic E-state index is 13.5. The van der Waals surface area contributed by atoms with Crippen molar-refractivity contribution in [1.29, 1.82) is 0 Å². The van der Waals surface area contributed by atoms with Crippen molar-refractivity contribution >= 4 is 33.2 Å². The summed E-state index contributed by atoms with van der Waals surface area (Å²) in [4.78, 5) is 4.03. The monoisotopic (exact) mass is 328 g/mol. The summed E-state index contributed by atoms with van der Waals surface area (Å²) in [5.74, 6) is -0.248. The summed E-state index contributed by atoms with van der Waals surface area (Å²) >= 11 is 9.27. The first-order valence-corrected chi connectivity index (χ1v) is 6.53. The zero-order chi connectivity index (χ0) is 13.1. The molecule has 0 saturated carbocycles. The number of aromatic nitrogens is 1. The molecule has 0 spiro atoms. The number of nitrogens with zero attached hydrogens (tertiary/aromatic N) is 1.